The average molecular weight is 292 g/mol. The van der Waals surface area contributed by atoms with Crippen molar-refractivity contribution in [2.75, 3.05) is 0 Å². The van der Waals surface area contributed by atoms with Crippen molar-refractivity contribution in [2.45, 2.75) is 91.9 Å². The minimum Gasteiger partial charge on any atom is -0.214 e. The molecule has 2 unspecified atom stereocenters. The highest BCUT2D eigenvalue weighted by molar-refractivity contribution is 6.01. The van der Waals surface area contributed by atoms with Gasteiger partial charge in [-0.2, -0.15) is 0 Å². The molecule has 0 aliphatic carbocycles. The van der Waals surface area contributed by atoms with Crippen molar-refractivity contribution in [2.24, 2.45) is 21.9 Å². The second kappa shape index (κ2) is 10.8. The Balaban J connectivity index is 2.40. The first kappa shape index (κ1) is 18.2. The Morgan fingerprint density at radius 3 is 1.76 bits per heavy atom. The fourth-order valence-corrected chi connectivity index (χ4v) is 2.89. The van der Waals surface area contributed by atoms with Crippen LogP contribution in [0.2, 0.25) is 0 Å². The lowest BCUT2D eigenvalue weighted by atomic mass is 9.95. The van der Waals surface area contributed by atoms with E-state index in [4.69, 9.17) is 0 Å². The van der Waals surface area contributed by atoms with Gasteiger partial charge in [0.1, 0.15) is 0 Å². The molecule has 1 rings (SSSR count). The Labute approximate surface area is 131 Å². The molecule has 0 bridgehead atoms. The lowest BCUT2D eigenvalue weighted by molar-refractivity contribution is 0.463. The molecule has 0 aromatic carbocycles. The summed E-state index contributed by atoms with van der Waals surface area (Å²) in [6, 6.07) is 0. The van der Waals surface area contributed by atoms with Crippen LogP contribution in [0.15, 0.2) is 10.1 Å². The van der Waals surface area contributed by atoms with Crippen molar-refractivity contribution in [1.29, 1.82) is 0 Å². The molecular weight excluding hydrogens is 258 g/mol. The fraction of sp³-hybridized carbons (Fsp3) is 0.889. The van der Waals surface area contributed by atoms with Gasteiger partial charge in [-0.25, -0.2) is 4.99 Å². The first-order valence-corrected chi connectivity index (χ1v) is 9.08. The summed E-state index contributed by atoms with van der Waals surface area (Å²) >= 11 is 0. The van der Waals surface area contributed by atoms with Crippen LogP contribution in [0.25, 0.3) is 0 Å². The standard InChI is InChI=1S/C18H34N3/c1-5-9-11-15(7-3)13-17-19-18(21-20-17)14-16(8-4)12-10-6-2/h15-16H,5-14H2,1-4H3. The van der Waals surface area contributed by atoms with E-state index in [1.54, 1.807) is 0 Å². The van der Waals surface area contributed by atoms with Crippen LogP contribution in [-0.2, 0) is 0 Å². The van der Waals surface area contributed by atoms with Crippen LogP contribution < -0.4 is 5.43 Å². The number of aliphatic imine (C=N–C) groups is 1. The number of hydrogen-bond donors (Lipinski definition) is 0. The SMILES string of the molecule is CCCCC(CC)CC1=NC(CC(CC)CCCC)=N[N]1. The van der Waals surface area contributed by atoms with Gasteiger partial charge in [0.15, 0.2) is 11.7 Å². The highest BCUT2D eigenvalue weighted by Gasteiger charge is 2.18. The number of amidine groups is 2. The maximum atomic E-state index is 4.68. The van der Waals surface area contributed by atoms with Crippen LogP contribution in [0, 0.1) is 11.8 Å². The molecule has 0 fully saturated rings. The van der Waals surface area contributed by atoms with Crippen LogP contribution in [0.3, 0.4) is 0 Å². The lowest BCUT2D eigenvalue weighted by Gasteiger charge is -2.13. The fourth-order valence-electron chi connectivity index (χ4n) is 2.89. The summed E-state index contributed by atoms with van der Waals surface area (Å²) in [5, 5.41) is 4.32. The summed E-state index contributed by atoms with van der Waals surface area (Å²) in [4.78, 5) is 4.68. The number of rotatable bonds is 12. The van der Waals surface area contributed by atoms with Gasteiger partial charge in [0.25, 0.3) is 0 Å². The first-order chi connectivity index (χ1) is 10.2. The summed E-state index contributed by atoms with van der Waals surface area (Å²) in [7, 11) is 0. The summed E-state index contributed by atoms with van der Waals surface area (Å²) in [6.07, 6.45) is 12.2. The van der Waals surface area contributed by atoms with Crippen molar-refractivity contribution in [1.82, 2.24) is 5.43 Å². The molecular formula is C18H34N3. The van der Waals surface area contributed by atoms with Gasteiger partial charge in [-0.3, -0.25) is 0 Å². The highest BCUT2D eigenvalue weighted by atomic mass is 15.4. The van der Waals surface area contributed by atoms with E-state index in [-0.39, 0.29) is 0 Å². The van der Waals surface area contributed by atoms with E-state index in [2.05, 4.69) is 43.2 Å². The van der Waals surface area contributed by atoms with Crippen molar-refractivity contribution >= 4 is 11.7 Å². The lowest BCUT2D eigenvalue weighted by Crippen LogP contribution is -2.12. The Morgan fingerprint density at radius 2 is 1.29 bits per heavy atom. The molecule has 0 N–H and O–H groups in total. The van der Waals surface area contributed by atoms with E-state index in [9.17, 15) is 0 Å². The van der Waals surface area contributed by atoms with Gasteiger partial charge in [0.2, 0.25) is 0 Å². The van der Waals surface area contributed by atoms with E-state index in [1.165, 1.54) is 51.4 Å². The Hall–Kier alpha value is -0.860. The molecule has 1 aliphatic heterocycles. The predicted molar refractivity (Wildman–Crippen MR) is 92.9 cm³/mol. The topological polar surface area (TPSA) is 38.8 Å². The van der Waals surface area contributed by atoms with E-state index in [1.807, 2.05) is 0 Å². The molecule has 1 aliphatic rings. The molecule has 2 atom stereocenters. The molecule has 0 aromatic heterocycles. The quantitative estimate of drug-likeness (QED) is 0.454. The molecule has 0 saturated heterocycles. The Bertz CT molecular complexity index is 333. The van der Waals surface area contributed by atoms with Gasteiger partial charge in [0, 0.05) is 12.8 Å². The normalized spacial score (nSPS) is 17.1. The van der Waals surface area contributed by atoms with Crippen LogP contribution in [0.1, 0.15) is 91.9 Å². The van der Waals surface area contributed by atoms with Crippen LogP contribution in [-0.4, -0.2) is 11.7 Å². The van der Waals surface area contributed by atoms with Gasteiger partial charge < -0.3 is 0 Å². The zero-order valence-corrected chi connectivity index (χ0v) is 14.6. The molecule has 1 heterocycles. The molecule has 0 saturated carbocycles. The van der Waals surface area contributed by atoms with Crippen molar-refractivity contribution in [3.63, 3.8) is 0 Å². The third-order valence-corrected chi connectivity index (χ3v) is 4.57. The zero-order valence-electron chi connectivity index (χ0n) is 14.6. The maximum absolute atomic E-state index is 4.68. The summed E-state index contributed by atoms with van der Waals surface area (Å²) in [6.45, 7) is 9.06. The number of hydrogen-bond acceptors (Lipinski definition) is 2. The van der Waals surface area contributed by atoms with Crippen LogP contribution >= 0.6 is 0 Å². The van der Waals surface area contributed by atoms with Crippen molar-refractivity contribution in [3.8, 4) is 0 Å². The summed E-state index contributed by atoms with van der Waals surface area (Å²) in [5.74, 6) is 3.39. The monoisotopic (exact) mass is 292 g/mol. The maximum Gasteiger partial charge on any atom is 0.153 e. The van der Waals surface area contributed by atoms with Gasteiger partial charge in [-0.05, 0) is 11.8 Å². The minimum atomic E-state index is 0.726. The van der Waals surface area contributed by atoms with Gasteiger partial charge in [0.05, 0.1) is 0 Å². The van der Waals surface area contributed by atoms with E-state index >= 15 is 0 Å². The third-order valence-electron chi connectivity index (χ3n) is 4.57. The Kier molecular flexibility index (Phi) is 9.36. The molecule has 21 heavy (non-hydrogen) atoms. The molecule has 0 amide bonds. The van der Waals surface area contributed by atoms with E-state index in [0.29, 0.717) is 0 Å². The second-order valence-corrected chi connectivity index (χ2v) is 6.39. The Morgan fingerprint density at radius 1 is 0.762 bits per heavy atom. The predicted octanol–water partition coefficient (Wildman–Crippen LogP) is 5.53. The number of nitrogens with zero attached hydrogens (tertiary/aromatic N) is 3. The summed E-state index contributed by atoms with van der Waals surface area (Å²) in [5.41, 5.74) is 4.32. The minimum absolute atomic E-state index is 0.726. The molecule has 121 valence electrons. The third kappa shape index (κ3) is 7.10. The zero-order chi connectivity index (χ0) is 15.5. The van der Waals surface area contributed by atoms with Gasteiger partial charge in [-0.1, -0.05) is 79.1 Å². The molecule has 3 heteroatoms. The second-order valence-electron chi connectivity index (χ2n) is 6.39. The summed E-state index contributed by atoms with van der Waals surface area (Å²) < 4.78 is 0. The van der Waals surface area contributed by atoms with Gasteiger partial charge in [-0.15, -0.1) is 10.5 Å². The average Bonchev–Trinajstić information content (AvgIpc) is 2.94. The van der Waals surface area contributed by atoms with Crippen molar-refractivity contribution in [3.05, 3.63) is 0 Å². The molecule has 0 aromatic rings. The van der Waals surface area contributed by atoms with E-state index < -0.39 is 0 Å². The highest BCUT2D eigenvalue weighted by Crippen LogP contribution is 2.21. The number of unbranched alkanes of at least 4 members (excludes halogenated alkanes) is 2. The van der Waals surface area contributed by atoms with Crippen LogP contribution in [0.4, 0.5) is 0 Å². The first-order valence-electron chi connectivity index (χ1n) is 9.08. The van der Waals surface area contributed by atoms with Gasteiger partial charge >= 0.3 is 0 Å². The molecule has 0 spiro atoms. The molecule has 3 nitrogen and oxygen atoms in total. The van der Waals surface area contributed by atoms with Crippen LogP contribution in [0.5, 0.6) is 0 Å². The molecule has 1 radical (unpaired) electrons. The largest absolute Gasteiger partial charge is 0.214 e. The van der Waals surface area contributed by atoms with E-state index in [0.717, 1.165) is 36.3 Å². The van der Waals surface area contributed by atoms with Crippen molar-refractivity contribution < 1.29 is 0 Å². The smallest absolute Gasteiger partial charge is 0.153 e.